The van der Waals surface area contributed by atoms with Gasteiger partial charge in [-0.1, -0.05) is 35.5 Å². The third-order valence-electron chi connectivity index (χ3n) is 5.78. The number of benzene rings is 1. The zero-order chi connectivity index (χ0) is 23.9. The van der Waals surface area contributed by atoms with E-state index in [0.29, 0.717) is 24.2 Å². The van der Waals surface area contributed by atoms with Crippen molar-refractivity contribution in [1.82, 2.24) is 5.16 Å². The van der Waals surface area contributed by atoms with Crippen molar-refractivity contribution in [2.24, 2.45) is 0 Å². The molecule has 7 nitrogen and oxygen atoms in total. The molecule has 1 saturated carbocycles. The summed E-state index contributed by atoms with van der Waals surface area (Å²) in [6.45, 7) is 3.51. The number of hydrogen-bond donors (Lipinski definition) is 2. The standard InChI is InChI=1S/C25H20N2O5S2/c1-14-22(26-24(30)31-15(2)16-6-4-3-5-7-16)18(32-27-14)9-8-17-12-19-20(33-17)13-21(34-19)25(10-11-25)23(28)29/h3-7,12-13,15H,10-11H2,1-2H3,(H,26,30)(H,28,29)/t15-/m1/s1. The van der Waals surface area contributed by atoms with Gasteiger partial charge in [0.1, 0.15) is 22.9 Å². The maximum absolute atomic E-state index is 12.4. The molecule has 1 aliphatic carbocycles. The molecule has 3 heterocycles. The van der Waals surface area contributed by atoms with Gasteiger partial charge in [-0.25, -0.2) is 4.79 Å². The summed E-state index contributed by atoms with van der Waals surface area (Å²) < 4.78 is 12.8. The van der Waals surface area contributed by atoms with Crippen LogP contribution in [0.15, 0.2) is 47.0 Å². The highest BCUT2D eigenvalue weighted by atomic mass is 32.1. The minimum atomic E-state index is -0.751. The number of carbonyl (C=O) groups is 2. The molecule has 0 radical (unpaired) electrons. The molecule has 4 aromatic rings. The van der Waals surface area contributed by atoms with E-state index in [1.54, 1.807) is 13.8 Å². The lowest BCUT2D eigenvalue weighted by molar-refractivity contribution is -0.139. The van der Waals surface area contributed by atoms with Gasteiger partial charge in [-0.15, -0.1) is 22.7 Å². The zero-order valence-corrected chi connectivity index (χ0v) is 20.0. The molecule has 2 N–H and O–H groups in total. The van der Waals surface area contributed by atoms with Crippen molar-refractivity contribution in [3.8, 4) is 11.8 Å². The lowest BCUT2D eigenvalue weighted by Gasteiger charge is -2.13. The van der Waals surface area contributed by atoms with Crippen LogP contribution in [0, 0.1) is 18.8 Å². The second kappa shape index (κ2) is 8.63. The van der Waals surface area contributed by atoms with Crippen LogP contribution in [0.4, 0.5) is 10.5 Å². The van der Waals surface area contributed by atoms with Crippen LogP contribution in [0.5, 0.6) is 0 Å². The molecule has 9 heteroatoms. The normalized spacial score (nSPS) is 14.8. The number of ether oxygens (including phenoxy) is 1. The van der Waals surface area contributed by atoms with Gasteiger partial charge < -0.3 is 14.4 Å². The summed E-state index contributed by atoms with van der Waals surface area (Å²) in [4.78, 5) is 25.7. The summed E-state index contributed by atoms with van der Waals surface area (Å²) in [5.41, 5.74) is 1.06. The Morgan fingerprint density at radius 2 is 1.91 bits per heavy atom. The van der Waals surface area contributed by atoms with Gasteiger partial charge in [0, 0.05) is 14.3 Å². The number of aryl methyl sites for hydroxylation is 1. The molecule has 1 fully saturated rings. The van der Waals surface area contributed by atoms with Gasteiger partial charge in [0.05, 0.1) is 4.88 Å². The molecule has 1 atom stereocenters. The Kier molecular flexibility index (Phi) is 5.63. The van der Waals surface area contributed by atoms with E-state index >= 15 is 0 Å². The number of nitrogens with one attached hydrogen (secondary N) is 1. The van der Waals surface area contributed by atoms with Crippen molar-refractivity contribution in [2.75, 3.05) is 5.32 Å². The molecule has 0 spiro atoms. The lowest BCUT2D eigenvalue weighted by atomic mass is 10.1. The highest BCUT2D eigenvalue weighted by Crippen LogP contribution is 2.52. The van der Waals surface area contributed by atoms with E-state index in [1.807, 2.05) is 42.5 Å². The smallest absolute Gasteiger partial charge is 0.412 e. The predicted octanol–water partition coefficient (Wildman–Crippen LogP) is 6.08. The number of aliphatic carboxylic acids is 1. The SMILES string of the molecule is Cc1noc(C#Cc2cc3sc(C4(C(=O)O)CC4)cc3s2)c1NC(=O)O[C@H](C)c1ccccc1. The third kappa shape index (κ3) is 4.18. The first-order valence-corrected chi connectivity index (χ1v) is 12.3. The summed E-state index contributed by atoms with van der Waals surface area (Å²) in [7, 11) is 0. The van der Waals surface area contributed by atoms with Crippen molar-refractivity contribution >= 4 is 49.8 Å². The molecular weight excluding hydrogens is 472 g/mol. The molecule has 34 heavy (non-hydrogen) atoms. The van der Waals surface area contributed by atoms with Gasteiger partial charge in [-0.2, -0.15) is 0 Å². The number of thiophene rings is 2. The highest BCUT2D eigenvalue weighted by molar-refractivity contribution is 7.28. The summed E-state index contributed by atoms with van der Waals surface area (Å²) in [5, 5.41) is 16.1. The number of fused-ring (bicyclic) bond motifs is 1. The first-order chi connectivity index (χ1) is 16.4. The quantitative estimate of drug-likeness (QED) is 0.327. The van der Waals surface area contributed by atoms with Crippen LogP contribution in [-0.2, 0) is 14.9 Å². The van der Waals surface area contributed by atoms with Crippen LogP contribution in [0.1, 0.15) is 52.6 Å². The molecule has 5 rings (SSSR count). The van der Waals surface area contributed by atoms with Gasteiger partial charge in [0.15, 0.2) is 0 Å². The fourth-order valence-corrected chi connectivity index (χ4v) is 6.12. The van der Waals surface area contributed by atoms with E-state index in [1.165, 1.54) is 22.7 Å². The predicted molar refractivity (Wildman–Crippen MR) is 130 cm³/mol. The molecule has 1 aromatic carbocycles. The van der Waals surface area contributed by atoms with Crippen LogP contribution < -0.4 is 5.32 Å². The second-order valence-corrected chi connectivity index (χ2v) is 10.3. The molecular formula is C25H20N2O5S2. The number of nitrogens with zero attached hydrogens (tertiary/aromatic N) is 1. The molecule has 1 amide bonds. The monoisotopic (exact) mass is 492 g/mol. The minimum Gasteiger partial charge on any atom is -0.481 e. The van der Waals surface area contributed by atoms with Crippen molar-refractivity contribution in [3.63, 3.8) is 0 Å². The van der Waals surface area contributed by atoms with E-state index in [0.717, 1.165) is 24.7 Å². The average molecular weight is 493 g/mol. The second-order valence-electron chi connectivity index (χ2n) is 8.14. The van der Waals surface area contributed by atoms with Crippen LogP contribution >= 0.6 is 22.7 Å². The van der Waals surface area contributed by atoms with Gasteiger partial charge in [0.25, 0.3) is 0 Å². The Bertz CT molecular complexity index is 1420. The van der Waals surface area contributed by atoms with E-state index < -0.39 is 23.6 Å². The van der Waals surface area contributed by atoms with Crippen molar-refractivity contribution in [1.29, 1.82) is 0 Å². The summed E-state index contributed by atoms with van der Waals surface area (Å²) in [6, 6.07) is 13.4. The molecule has 1 aliphatic rings. The number of amides is 1. The van der Waals surface area contributed by atoms with Crippen LogP contribution in [0.25, 0.3) is 9.40 Å². The topological polar surface area (TPSA) is 102 Å². The summed E-state index contributed by atoms with van der Waals surface area (Å²) >= 11 is 3.00. The van der Waals surface area contributed by atoms with Crippen LogP contribution in [-0.4, -0.2) is 22.3 Å². The van der Waals surface area contributed by atoms with Gasteiger partial charge in [0.2, 0.25) is 5.76 Å². The van der Waals surface area contributed by atoms with Crippen LogP contribution in [0.2, 0.25) is 0 Å². The number of aromatic nitrogens is 1. The Balaban J connectivity index is 1.30. The number of carbonyl (C=O) groups excluding carboxylic acids is 1. The Hall–Kier alpha value is -3.61. The largest absolute Gasteiger partial charge is 0.481 e. The van der Waals surface area contributed by atoms with E-state index in [9.17, 15) is 14.7 Å². The first-order valence-electron chi connectivity index (χ1n) is 10.6. The maximum Gasteiger partial charge on any atom is 0.412 e. The zero-order valence-electron chi connectivity index (χ0n) is 18.4. The summed E-state index contributed by atoms with van der Waals surface area (Å²) in [5.74, 6) is 5.49. The van der Waals surface area contributed by atoms with Crippen molar-refractivity contribution in [2.45, 2.75) is 38.2 Å². The fraction of sp³-hybridized carbons (Fsp3) is 0.240. The number of carboxylic acid groups (broad SMARTS) is 1. The molecule has 0 bridgehead atoms. The molecule has 172 valence electrons. The Labute approximate surface area is 203 Å². The van der Waals surface area contributed by atoms with Crippen LogP contribution in [0.3, 0.4) is 0 Å². The lowest BCUT2D eigenvalue weighted by Crippen LogP contribution is -2.17. The Morgan fingerprint density at radius 3 is 2.59 bits per heavy atom. The Morgan fingerprint density at radius 1 is 1.18 bits per heavy atom. The molecule has 0 aliphatic heterocycles. The maximum atomic E-state index is 12.4. The minimum absolute atomic E-state index is 0.238. The first kappa shape index (κ1) is 22.2. The number of anilines is 1. The summed E-state index contributed by atoms with van der Waals surface area (Å²) in [6.07, 6.45) is 0.337. The fourth-order valence-electron chi connectivity index (χ4n) is 3.63. The van der Waals surface area contributed by atoms with E-state index in [-0.39, 0.29) is 5.76 Å². The molecule has 0 unspecified atom stereocenters. The van der Waals surface area contributed by atoms with Crippen molar-refractivity contribution < 1.29 is 24.0 Å². The number of rotatable bonds is 5. The van der Waals surface area contributed by atoms with Crippen molar-refractivity contribution in [3.05, 3.63) is 69.2 Å². The highest BCUT2D eigenvalue weighted by Gasteiger charge is 2.53. The number of hydrogen-bond acceptors (Lipinski definition) is 7. The molecule has 0 saturated heterocycles. The molecule has 3 aromatic heterocycles. The average Bonchev–Trinajstić information content (AvgIpc) is 3.26. The van der Waals surface area contributed by atoms with Gasteiger partial charge >= 0.3 is 12.1 Å². The van der Waals surface area contributed by atoms with Gasteiger partial charge in [-0.3, -0.25) is 10.1 Å². The third-order valence-corrected chi connectivity index (χ3v) is 8.19. The van der Waals surface area contributed by atoms with E-state index in [4.69, 9.17) is 9.26 Å². The number of carboxylic acids is 1. The van der Waals surface area contributed by atoms with E-state index in [2.05, 4.69) is 22.3 Å². The van der Waals surface area contributed by atoms with Gasteiger partial charge in [-0.05, 0) is 56.2 Å².